The lowest BCUT2D eigenvalue weighted by Crippen LogP contribution is -2.52. The maximum Gasteiger partial charge on any atom is 0.408 e. The topological polar surface area (TPSA) is 117 Å². The molecule has 1 fully saturated rings. The average Bonchev–Trinajstić information content (AvgIpc) is 3.30. The zero-order valence-corrected chi connectivity index (χ0v) is 21.8. The molecule has 212 valence electrons. The molecule has 0 aliphatic carbocycles. The minimum Gasteiger partial charge on any atom is -0.434 e. The third kappa shape index (κ3) is 8.19. The standard InChI is InChI=1S/C28H34F3N3O5/c1-17(2)13-23(26(37)33-22(16-35)14-19-11-12-32-25(19)36)34-27(38)39-24(18-7-4-3-5-8-18)28(30,31)20-9-6-10-21(29)15-20/h3-10,15,17,19,22-24,35H,11-14,16H2,1-2H3,(H,32,36)(H,33,37)(H,34,38)/t19-,22-,23-,24+/m0/s1. The van der Waals surface area contributed by atoms with Crippen LogP contribution in [0.4, 0.5) is 18.0 Å². The van der Waals surface area contributed by atoms with Gasteiger partial charge in [-0.25, -0.2) is 9.18 Å². The van der Waals surface area contributed by atoms with Crippen LogP contribution >= 0.6 is 0 Å². The second kappa shape index (κ2) is 13.5. The molecule has 1 aliphatic heterocycles. The quantitative estimate of drug-likeness (QED) is 0.321. The number of carbonyl (C=O) groups excluding carboxylic acids is 3. The molecular weight excluding hydrogens is 515 g/mol. The summed E-state index contributed by atoms with van der Waals surface area (Å²) in [6, 6.07) is 9.28. The molecule has 0 spiro atoms. The molecular formula is C28H34F3N3O5. The van der Waals surface area contributed by atoms with Gasteiger partial charge in [0, 0.05) is 18.0 Å². The summed E-state index contributed by atoms with van der Waals surface area (Å²) < 4.78 is 50.1. The van der Waals surface area contributed by atoms with E-state index in [1.165, 1.54) is 24.3 Å². The molecule has 1 saturated heterocycles. The first-order chi connectivity index (χ1) is 18.5. The van der Waals surface area contributed by atoms with E-state index in [0.717, 1.165) is 18.2 Å². The Balaban J connectivity index is 1.77. The van der Waals surface area contributed by atoms with E-state index in [1.807, 2.05) is 13.8 Å². The van der Waals surface area contributed by atoms with Gasteiger partial charge in [-0.05, 0) is 42.9 Å². The number of halogens is 3. The fourth-order valence-electron chi connectivity index (χ4n) is 4.51. The van der Waals surface area contributed by atoms with Crippen molar-refractivity contribution in [2.24, 2.45) is 11.8 Å². The van der Waals surface area contributed by atoms with Gasteiger partial charge in [-0.1, -0.05) is 56.3 Å². The van der Waals surface area contributed by atoms with Crippen molar-refractivity contribution in [2.45, 2.75) is 57.2 Å². The molecule has 3 amide bonds. The summed E-state index contributed by atoms with van der Waals surface area (Å²) in [5.41, 5.74) is -0.704. The largest absolute Gasteiger partial charge is 0.434 e. The number of alkyl halides is 2. The van der Waals surface area contributed by atoms with Crippen LogP contribution in [0.25, 0.3) is 0 Å². The molecule has 1 aliphatic rings. The number of amides is 3. The summed E-state index contributed by atoms with van der Waals surface area (Å²) in [7, 11) is 0. The normalized spacial score (nSPS) is 17.7. The van der Waals surface area contributed by atoms with Gasteiger partial charge in [0.15, 0.2) is 6.10 Å². The predicted molar refractivity (Wildman–Crippen MR) is 137 cm³/mol. The second-order valence-corrected chi connectivity index (χ2v) is 10.1. The van der Waals surface area contributed by atoms with E-state index >= 15 is 8.78 Å². The molecule has 2 aromatic rings. The number of rotatable bonds is 12. The Kier molecular flexibility index (Phi) is 10.3. The lowest BCUT2D eigenvalue weighted by Gasteiger charge is -2.29. The van der Waals surface area contributed by atoms with Crippen LogP contribution in [0.2, 0.25) is 0 Å². The van der Waals surface area contributed by atoms with Crippen molar-refractivity contribution in [3.8, 4) is 0 Å². The van der Waals surface area contributed by atoms with Crippen molar-refractivity contribution < 1.29 is 37.4 Å². The van der Waals surface area contributed by atoms with E-state index in [1.54, 1.807) is 6.07 Å². The Labute approximate surface area is 225 Å². The minimum absolute atomic E-state index is 0.0260. The summed E-state index contributed by atoms with van der Waals surface area (Å²) in [6.07, 6.45) is -2.45. The van der Waals surface area contributed by atoms with E-state index in [0.29, 0.717) is 19.0 Å². The highest BCUT2D eigenvalue weighted by Crippen LogP contribution is 2.43. The van der Waals surface area contributed by atoms with Crippen molar-refractivity contribution in [3.05, 3.63) is 71.5 Å². The van der Waals surface area contributed by atoms with E-state index in [-0.39, 0.29) is 36.1 Å². The molecule has 0 saturated carbocycles. The highest BCUT2D eigenvalue weighted by Gasteiger charge is 2.46. The predicted octanol–water partition coefficient (Wildman–Crippen LogP) is 3.80. The Morgan fingerprint density at radius 2 is 1.85 bits per heavy atom. The molecule has 4 atom stereocenters. The number of aliphatic hydroxyl groups excluding tert-OH is 1. The number of hydrogen-bond acceptors (Lipinski definition) is 5. The van der Waals surface area contributed by atoms with Crippen molar-refractivity contribution in [1.82, 2.24) is 16.0 Å². The summed E-state index contributed by atoms with van der Waals surface area (Å²) in [4.78, 5) is 37.9. The molecule has 0 aromatic heterocycles. The zero-order valence-electron chi connectivity index (χ0n) is 21.8. The van der Waals surface area contributed by atoms with Crippen LogP contribution in [-0.4, -0.2) is 48.2 Å². The molecule has 11 heteroatoms. The first kappa shape index (κ1) is 29.9. The van der Waals surface area contributed by atoms with Crippen molar-refractivity contribution in [2.75, 3.05) is 13.2 Å². The number of ether oxygens (including phenoxy) is 1. The van der Waals surface area contributed by atoms with E-state index in [2.05, 4.69) is 16.0 Å². The van der Waals surface area contributed by atoms with Gasteiger partial charge in [0.1, 0.15) is 11.9 Å². The Morgan fingerprint density at radius 3 is 2.44 bits per heavy atom. The van der Waals surface area contributed by atoms with Crippen molar-refractivity contribution in [3.63, 3.8) is 0 Å². The molecule has 4 N–H and O–H groups in total. The van der Waals surface area contributed by atoms with Crippen LogP contribution < -0.4 is 16.0 Å². The molecule has 8 nitrogen and oxygen atoms in total. The Bertz CT molecular complexity index is 1130. The number of nitrogens with one attached hydrogen (secondary N) is 3. The lowest BCUT2D eigenvalue weighted by molar-refractivity contribution is -0.128. The van der Waals surface area contributed by atoms with Crippen LogP contribution in [0.15, 0.2) is 54.6 Å². The van der Waals surface area contributed by atoms with E-state index in [9.17, 15) is 23.9 Å². The van der Waals surface area contributed by atoms with E-state index in [4.69, 9.17) is 4.74 Å². The number of alkyl carbamates (subject to hydrolysis) is 1. The summed E-state index contributed by atoms with van der Waals surface area (Å²) in [6.45, 7) is 3.71. The minimum atomic E-state index is -3.81. The Hall–Kier alpha value is -3.60. The summed E-state index contributed by atoms with van der Waals surface area (Å²) in [5.74, 6) is -5.92. The lowest BCUT2D eigenvalue weighted by atomic mass is 9.97. The molecule has 0 bridgehead atoms. The van der Waals surface area contributed by atoms with Gasteiger partial charge >= 0.3 is 12.0 Å². The Morgan fingerprint density at radius 1 is 1.13 bits per heavy atom. The average molecular weight is 550 g/mol. The van der Waals surface area contributed by atoms with Crippen LogP contribution in [0, 0.1) is 17.7 Å². The van der Waals surface area contributed by atoms with Crippen LogP contribution in [0.1, 0.15) is 50.3 Å². The molecule has 2 aromatic carbocycles. The molecule has 0 unspecified atom stereocenters. The van der Waals surface area contributed by atoms with Gasteiger partial charge in [-0.3, -0.25) is 9.59 Å². The molecule has 3 rings (SSSR count). The monoisotopic (exact) mass is 549 g/mol. The number of aliphatic hydroxyl groups is 1. The number of hydrogen-bond donors (Lipinski definition) is 4. The van der Waals surface area contributed by atoms with Crippen molar-refractivity contribution in [1.29, 1.82) is 0 Å². The fraction of sp³-hybridized carbons (Fsp3) is 0.464. The maximum absolute atomic E-state index is 15.6. The third-order valence-electron chi connectivity index (χ3n) is 6.48. The highest BCUT2D eigenvalue weighted by molar-refractivity contribution is 5.86. The molecule has 39 heavy (non-hydrogen) atoms. The SMILES string of the molecule is CC(C)C[C@H](NC(=O)O[C@H](c1ccccc1)C(F)(F)c1cccc(F)c1)C(=O)N[C@H](CO)C[C@@H]1CCNC1=O. The van der Waals surface area contributed by atoms with Crippen molar-refractivity contribution >= 4 is 17.9 Å². The smallest absolute Gasteiger partial charge is 0.408 e. The van der Waals surface area contributed by atoms with E-state index < -0.39 is 54.1 Å². The third-order valence-corrected chi connectivity index (χ3v) is 6.48. The summed E-state index contributed by atoms with van der Waals surface area (Å²) in [5, 5.41) is 17.5. The number of carbonyl (C=O) groups is 3. The van der Waals surface area contributed by atoms with Gasteiger partial charge < -0.3 is 25.8 Å². The molecule has 1 heterocycles. The van der Waals surface area contributed by atoms with Gasteiger partial charge in [0.2, 0.25) is 11.8 Å². The summed E-state index contributed by atoms with van der Waals surface area (Å²) >= 11 is 0. The van der Waals surface area contributed by atoms with Gasteiger partial charge in [0.25, 0.3) is 0 Å². The molecule has 0 radical (unpaired) electrons. The van der Waals surface area contributed by atoms with Crippen LogP contribution in [-0.2, 0) is 20.2 Å². The highest BCUT2D eigenvalue weighted by atomic mass is 19.3. The maximum atomic E-state index is 15.6. The van der Waals surface area contributed by atoms with Crippen LogP contribution in [0.5, 0.6) is 0 Å². The first-order valence-electron chi connectivity index (χ1n) is 12.9. The fourth-order valence-corrected chi connectivity index (χ4v) is 4.51. The zero-order chi connectivity index (χ0) is 28.6. The first-order valence-corrected chi connectivity index (χ1v) is 12.9. The van der Waals surface area contributed by atoms with Gasteiger partial charge in [-0.2, -0.15) is 8.78 Å². The van der Waals surface area contributed by atoms with Crippen LogP contribution in [0.3, 0.4) is 0 Å². The van der Waals surface area contributed by atoms with Gasteiger partial charge in [-0.15, -0.1) is 0 Å². The second-order valence-electron chi connectivity index (χ2n) is 10.1. The number of benzene rings is 2. The van der Waals surface area contributed by atoms with Gasteiger partial charge in [0.05, 0.1) is 12.6 Å².